The van der Waals surface area contributed by atoms with Crippen molar-refractivity contribution >= 4 is 51.9 Å². The fourth-order valence-corrected chi connectivity index (χ4v) is 2.81. The summed E-state index contributed by atoms with van der Waals surface area (Å²) in [5.41, 5.74) is 5.97. The molecule has 0 radical (unpaired) electrons. The van der Waals surface area contributed by atoms with Crippen LogP contribution in [-0.2, 0) is 0 Å². The van der Waals surface area contributed by atoms with E-state index in [0.717, 1.165) is 16.6 Å². The quantitative estimate of drug-likeness (QED) is 0.444. The Morgan fingerprint density at radius 3 is 2.88 bits per heavy atom. The van der Waals surface area contributed by atoms with Crippen LogP contribution in [-0.4, -0.2) is 25.8 Å². The molecule has 0 fully saturated rings. The molecule has 0 atom stereocenters. The van der Waals surface area contributed by atoms with Crippen molar-refractivity contribution in [2.45, 2.75) is 0 Å². The Morgan fingerprint density at radius 2 is 2.00 bits per heavy atom. The van der Waals surface area contributed by atoms with Crippen LogP contribution in [0.5, 0.6) is 0 Å². The van der Waals surface area contributed by atoms with Gasteiger partial charge in [0.2, 0.25) is 5.65 Å². The molecule has 6 nitrogen and oxygen atoms in total. The van der Waals surface area contributed by atoms with Crippen molar-refractivity contribution in [1.82, 2.24) is 19.6 Å². The van der Waals surface area contributed by atoms with Crippen molar-refractivity contribution in [2.24, 2.45) is 5.10 Å². The second kappa shape index (κ2) is 6.07. The van der Waals surface area contributed by atoms with Gasteiger partial charge in [-0.25, -0.2) is 4.98 Å². The van der Waals surface area contributed by atoms with Gasteiger partial charge in [-0.15, -0.1) is 10.2 Å². The summed E-state index contributed by atoms with van der Waals surface area (Å²) in [6, 6.07) is 12.9. The minimum atomic E-state index is 0.507. The van der Waals surface area contributed by atoms with Gasteiger partial charge in [0.25, 0.3) is 0 Å². The molecular weight excluding hydrogens is 347 g/mol. The van der Waals surface area contributed by atoms with Crippen molar-refractivity contribution in [2.75, 3.05) is 5.43 Å². The normalized spacial score (nSPS) is 11.6. The van der Waals surface area contributed by atoms with Gasteiger partial charge < -0.3 is 0 Å². The van der Waals surface area contributed by atoms with Gasteiger partial charge in [-0.2, -0.15) is 5.10 Å². The van der Waals surface area contributed by atoms with Crippen LogP contribution >= 0.6 is 23.2 Å². The van der Waals surface area contributed by atoms with Gasteiger partial charge in [0.05, 0.1) is 22.3 Å². The molecule has 4 aromatic rings. The molecule has 8 heteroatoms. The van der Waals surface area contributed by atoms with Crippen molar-refractivity contribution < 1.29 is 0 Å². The van der Waals surface area contributed by atoms with E-state index in [-0.39, 0.29) is 0 Å². The molecule has 1 N–H and O–H groups in total. The monoisotopic (exact) mass is 356 g/mol. The zero-order valence-corrected chi connectivity index (χ0v) is 13.7. The van der Waals surface area contributed by atoms with Crippen LogP contribution in [0.1, 0.15) is 5.56 Å². The second-order valence-corrected chi connectivity index (χ2v) is 5.85. The molecule has 2 heterocycles. The number of benzene rings is 2. The smallest absolute Gasteiger partial charge is 0.205 e. The fourth-order valence-electron chi connectivity index (χ4n) is 2.35. The largest absolute Gasteiger partial charge is 0.277 e. The molecule has 0 unspecified atom stereocenters. The Morgan fingerprint density at radius 1 is 1.12 bits per heavy atom. The molecule has 0 bridgehead atoms. The maximum atomic E-state index is 6.12. The number of hydrogen-bond acceptors (Lipinski definition) is 5. The highest BCUT2D eigenvalue weighted by Gasteiger charge is 2.09. The van der Waals surface area contributed by atoms with E-state index in [1.165, 1.54) is 0 Å². The molecule has 0 aliphatic heterocycles. The maximum Gasteiger partial charge on any atom is 0.205 e. The van der Waals surface area contributed by atoms with Crippen LogP contribution in [0.25, 0.3) is 16.7 Å². The summed E-state index contributed by atoms with van der Waals surface area (Å²) in [5, 5.41) is 13.3. The van der Waals surface area contributed by atoms with Crippen molar-refractivity contribution in [3.63, 3.8) is 0 Å². The lowest BCUT2D eigenvalue weighted by molar-refractivity contribution is 1.11. The van der Waals surface area contributed by atoms with Crippen molar-refractivity contribution in [3.05, 3.63) is 64.4 Å². The number of rotatable bonds is 3. The number of fused-ring (bicyclic) bond motifs is 3. The molecule has 0 aliphatic rings. The van der Waals surface area contributed by atoms with Crippen LogP contribution in [0.2, 0.25) is 10.0 Å². The van der Waals surface area contributed by atoms with Gasteiger partial charge in [-0.05, 0) is 24.3 Å². The first-order chi connectivity index (χ1) is 11.7. The van der Waals surface area contributed by atoms with Crippen LogP contribution in [0.4, 0.5) is 5.82 Å². The Kier molecular flexibility index (Phi) is 3.76. The highest BCUT2D eigenvalue weighted by atomic mass is 35.5. The van der Waals surface area contributed by atoms with E-state index in [1.807, 2.05) is 28.7 Å². The van der Waals surface area contributed by atoms with E-state index < -0.39 is 0 Å². The number of nitrogens with zero attached hydrogens (tertiary/aromatic N) is 5. The van der Waals surface area contributed by atoms with Gasteiger partial charge in [0.15, 0.2) is 5.82 Å². The zero-order chi connectivity index (χ0) is 16.5. The number of nitrogens with one attached hydrogen (secondary N) is 1. The van der Waals surface area contributed by atoms with E-state index in [9.17, 15) is 0 Å². The maximum absolute atomic E-state index is 6.12. The predicted octanol–water partition coefficient (Wildman–Crippen LogP) is 4.03. The minimum absolute atomic E-state index is 0.507. The van der Waals surface area contributed by atoms with E-state index in [0.29, 0.717) is 21.5 Å². The van der Waals surface area contributed by atoms with Crippen molar-refractivity contribution in [3.8, 4) is 0 Å². The highest BCUT2D eigenvalue weighted by Crippen LogP contribution is 2.21. The highest BCUT2D eigenvalue weighted by molar-refractivity contribution is 6.36. The Balaban J connectivity index is 1.71. The summed E-state index contributed by atoms with van der Waals surface area (Å²) >= 11 is 12.0. The SMILES string of the molecule is Clc1ccc(C=NNc2nc3ccccc3n3cnnc23)c(Cl)c1. The van der Waals surface area contributed by atoms with Gasteiger partial charge in [0, 0.05) is 10.6 Å². The van der Waals surface area contributed by atoms with Gasteiger partial charge >= 0.3 is 0 Å². The number of para-hydroxylation sites is 2. The lowest BCUT2D eigenvalue weighted by atomic mass is 10.2. The molecule has 0 aliphatic carbocycles. The predicted molar refractivity (Wildman–Crippen MR) is 96.0 cm³/mol. The molecule has 4 rings (SSSR count). The van der Waals surface area contributed by atoms with Crippen LogP contribution in [0, 0.1) is 0 Å². The van der Waals surface area contributed by atoms with E-state index in [1.54, 1.807) is 30.7 Å². The third kappa shape index (κ3) is 2.66. The molecule has 2 aromatic heterocycles. The summed E-state index contributed by atoms with van der Waals surface area (Å²) in [6.07, 6.45) is 3.24. The molecule has 0 spiro atoms. The van der Waals surface area contributed by atoms with Gasteiger partial charge in [-0.3, -0.25) is 9.83 Å². The fraction of sp³-hybridized carbons (Fsp3) is 0. The lowest BCUT2D eigenvalue weighted by Gasteiger charge is -2.05. The molecule has 0 saturated carbocycles. The standard InChI is InChI=1S/C16H10Cl2N6/c17-11-6-5-10(12(18)7-11)8-19-22-15-16-23-20-9-24(16)14-4-2-1-3-13(14)21-15/h1-9H,(H,21,22). The summed E-state index contributed by atoms with van der Waals surface area (Å²) in [6.45, 7) is 0. The summed E-state index contributed by atoms with van der Waals surface area (Å²) < 4.78 is 1.86. The second-order valence-electron chi connectivity index (χ2n) is 5.01. The Labute approximate surface area is 146 Å². The zero-order valence-electron chi connectivity index (χ0n) is 12.2. The molecule has 0 amide bonds. The molecule has 2 aromatic carbocycles. The summed E-state index contributed by atoms with van der Waals surface area (Å²) in [4.78, 5) is 4.54. The lowest BCUT2D eigenvalue weighted by Crippen LogP contribution is -2.00. The third-order valence-corrected chi connectivity index (χ3v) is 4.03. The first kappa shape index (κ1) is 14.9. The van der Waals surface area contributed by atoms with Gasteiger partial charge in [-0.1, -0.05) is 41.4 Å². The Bertz CT molecular complexity index is 1070. The molecule has 118 valence electrons. The minimum Gasteiger partial charge on any atom is -0.277 e. The first-order valence-electron chi connectivity index (χ1n) is 7.05. The Hall–Kier alpha value is -2.70. The average Bonchev–Trinajstić information content (AvgIpc) is 3.07. The average molecular weight is 357 g/mol. The van der Waals surface area contributed by atoms with Crippen molar-refractivity contribution in [1.29, 1.82) is 0 Å². The number of halogens is 2. The number of hydrogen-bond donors (Lipinski definition) is 1. The van der Waals surface area contributed by atoms with E-state index in [4.69, 9.17) is 23.2 Å². The number of hydrazone groups is 1. The summed E-state index contributed by atoms with van der Waals surface area (Å²) in [5.74, 6) is 0.507. The molecule has 0 saturated heterocycles. The van der Waals surface area contributed by atoms with Crippen LogP contribution in [0.15, 0.2) is 53.9 Å². The molecular formula is C16H10Cl2N6. The third-order valence-electron chi connectivity index (χ3n) is 3.47. The summed E-state index contributed by atoms with van der Waals surface area (Å²) in [7, 11) is 0. The van der Waals surface area contributed by atoms with Crippen LogP contribution < -0.4 is 5.43 Å². The van der Waals surface area contributed by atoms with E-state index >= 15 is 0 Å². The topological polar surface area (TPSA) is 67.5 Å². The number of aromatic nitrogens is 4. The first-order valence-corrected chi connectivity index (χ1v) is 7.80. The van der Waals surface area contributed by atoms with E-state index in [2.05, 4.69) is 25.7 Å². The van der Waals surface area contributed by atoms with Gasteiger partial charge in [0.1, 0.15) is 6.33 Å². The molecule has 24 heavy (non-hydrogen) atoms. The van der Waals surface area contributed by atoms with Crippen LogP contribution in [0.3, 0.4) is 0 Å². The number of anilines is 1.